The predicted octanol–water partition coefficient (Wildman–Crippen LogP) is 1.00. The highest BCUT2D eigenvalue weighted by molar-refractivity contribution is 8.03. The Hall–Kier alpha value is -2.63. The molecule has 0 unspecified atom stereocenters. The Morgan fingerprint density at radius 2 is 2.13 bits per heavy atom. The van der Waals surface area contributed by atoms with Crippen molar-refractivity contribution in [1.82, 2.24) is 15.4 Å². The molecule has 4 N–H and O–H groups in total. The third kappa shape index (κ3) is 3.77. The number of aliphatic carboxylic acids is 1. The van der Waals surface area contributed by atoms with Gasteiger partial charge in [-0.1, -0.05) is 18.2 Å². The molecule has 11 heteroatoms. The molecule has 2 fully saturated rings. The highest BCUT2D eigenvalue weighted by atomic mass is 32.2. The van der Waals surface area contributed by atoms with E-state index in [0.29, 0.717) is 17.2 Å². The van der Waals surface area contributed by atoms with Crippen LogP contribution in [0, 0.1) is 11.8 Å². The van der Waals surface area contributed by atoms with Gasteiger partial charge < -0.3 is 30.1 Å². The molecular formula is C20H23N3O7S. The Bertz CT molecular complexity index is 985. The van der Waals surface area contributed by atoms with Crippen LogP contribution in [-0.2, 0) is 9.59 Å². The number of carboxylic acids is 2. The number of fused-ring (bicyclic) bond motifs is 1. The van der Waals surface area contributed by atoms with Crippen molar-refractivity contribution in [2.75, 3.05) is 6.54 Å². The van der Waals surface area contributed by atoms with Crippen LogP contribution in [0.4, 0.5) is 0 Å². The lowest BCUT2D eigenvalue weighted by Crippen LogP contribution is -2.63. The second-order valence-electron chi connectivity index (χ2n) is 8.04. The molecule has 10 nitrogen and oxygen atoms in total. The van der Waals surface area contributed by atoms with Crippen molar-refractivity contribution < 1.29 is 34.2 Å². The molecule has 3 aliphatic rings. The van der Waals surface area contributed by atoms with Crippen molar-refractivity contribution in [2.45, 2.75) is 43.7 Å². The Balaban J connectivity index is 1.43. The van der Waals surface area contributed by atoms with Crippen LogP contribution in [0.5, 0.6) is 0 Å². The fraction of sp³-hybridized carbons (Fsp3) is 0.500. The smallest absolute Gasteiger partial charge is 0.358 e. The summed E-state index contributed by atoms with van der Waals surface area (Å²) in [7, 11) is 0. The summed E-state index contributed by atoms with van der Waals surface area (Å²) in [6.07, 6.45) is 3.42. The van der Waals surface area contributed by atoms with Crippen molar-refractivity contribution in [3.8, 4) is 0 Å². The number of carbonyl (C=O) groups is 3. The number of aromatic carboxylic acids is 1. The monoisotopic (exact) mass is 449 g/mol. The summed E-state index contributed by atoms with van der Waals surface area (Å²) in [4.78, 5) is 37.2. The van der Waals surface area contributed by atoms with Gasteiger partial charge in [0, 0.05) is 34.7 Å². The van der Waals surface area contributed by atoms with Gasteiger partial charge in [-0.25, -0.2) is 9.59 Å². The number of hydrogen-bond donors (Lipinski definition) is 4. The van der Waals surface area contributed by atoms with Crippen LogP contribution in [0.1, 0.15) is 36.5 Å². The number of thioether (sulfide) groups is 1. The first-order valence-electron chi connectivity index (χ1n) is 9.96. The normalized spacial score (nSPS) is 31.3. The van der Waals surface area contributed by atoms with Crippen molar-refractivity contribution in [3.63, 3.8) is 0 Å². The maximum atomic E-state index is 12.4. The topological polar surface area (TPSA) is 153 Å². The number of rotatable bonds is 7. The molecule has 0 saturated carbocycles. The molecule has 0 spiro atoms. The fourth-order valence-corrected chi connectivity index (χ4v) is 6.00. The number of aliphatic hydroxyl groups excluding tert-OH is 1. The number of amides is 1. The summed E-state index contributed by atoms with van der Waals surface area (Å²) in [5.41, 5.74) is -0.128. The number of β-lactam (4-membered cyclic amide) rings is 1. The highest BCUT2D eigenvalue weighted by Gasteiger charge is 2.60. The molecule has 1 aromatic heterocycles. The highest BCUT2D eigenvalue weighted by Crippen LogP contribution is 2.51. The Morgan fingerprint density at radius 3 is 2.74 bits per heavy atom. The van der Waals surface area contributed by atoms with Gasteiger partial charge in [0.25, 0.3) is 0 Å². The number of aliphatic hydroxyl groups is 1. The molecule has 6 atom stereocenters. The van der Waals surface area contributed by atoms with E-state index in [-0.39, 0.29) is 40.5 Å². The number of nitrogens with one attached hydrogen (secondary N) is 1. The average molecular weight is 449 g/mol. The second-order valence-corrected chi connectivity index (χ2v) is 9.38. The van der Waals surface area contributed by atoms with Gasteiger partial charge in [0.05, 0.1) is 18.1 Å². The first kappa shape index (κ1) is 21.6. The van der Waals surface area contributed by atoms with E-state index >= 15 is 0 Å². The minimum atomic E-state index is -1.16. The van der Waals surface area contributed by atoms with E-state index in [4.69, 9.17) is 9.63 Å². The van der Waals surface area contributed by atoms with Crippen LogP contribution < -0.4 is 5.32 Å². The van der Waals surface area contributed by atoms with Crippen LogP contribution in [-0.4, -0.2) is 73.2 Å². The van der Waals surface area contributed by atoms with E-state index in [1.54, 1.807) is 13.0 Å². The molecular weight excluding hydrogens is 426 g/mol. The van der Waals surface area contributed by atoms with Gasteiger partial charge in [0.15, 0.2) is 11.5 Å². The summed E-state index contributed by atoms with van der Waals surface area (Å²) in [5.74, 6) is -3.02. The van der Waals surface area contributed by atoms with Gasteiger partial charge in [-0.2, -0.15) is 0 Å². The largest absolute Gasteiger partial charge is 0.477 e. The van der Waals surface area contributed by atoms with Gasteiger partial charge in [0.2, 0.25) is 5.91 Å². The number of carbonyl (C=O) groups excluding carboxylic acids is 1. The van der Waals surface area contributed by atoms with Gasteiger partial charge >= 0.3 is 11.9 Å². The summed E-state index contributed by atoms with van der Waals surface area (Å²) >= 11 is 1.47. The van der Waals surface area contributed by atoms with Crippen LogP contribution in [0.15, 0.2) is 27.3 Å². The lowest BCUT2D eigenvalue weighted by atomic mass is 9.79. The van der Waals surface area contributed by atoms with Crippen molar-refractivity contribution >= 4 is 35.7 Å². The lowest BCUT2D eigenvalue weighted by Gasteiger charge is -2.46. The molecule has 4 rings (SSSR count). The first-order chi connectivity index (χ1) is 14.7. The quantitative estimate of drug-likeness (QED) is 0.443. The summed E-state index contributed by atoms with van der Waals surface area (Å²) in [6.45, 7) is 4.11. The predicted molar refractivity (Wildman–Crippen MR) is 110 cm³/mol. The summed E-state index contributed by atoms with van der Waals surface area (Å²) in [6, 6.07) is 1.02. The minimum absolute atomic E-state index is 0.00494. The molecule has 3 aliphatic heterocycles. The third-order valence-electron chi connectivity index (χ3n) is 5.97. The Kier molecular flexibility index (Phi) is 5.67. The molecule has 0 bridgehead atoms. The van der Waals surface area contributed by atoms with Gasteiger partial charge in [0.1, 0.15) is 5.70 Å². The summed E-state index contributed by atoms with van der Waals surface area (Å²) < 4.78 is 4.96. The Labute approximate surface area is 182 Å². The molecule has 1 amide bonds. The Morgan fingerprint density at radius 1 is 1.39 bits per heavy atom. The molecule has 0 radical (unpaired) electrons. The molecule has 0 aromatic carbocycles. The number of hydrogen-bond acceptors (Lipinski definition) is 8. The first-order valence-corrected chi connectivity index (χ1v) is 10.8. The van der Waals surface area contributed by atoms with E-state index in [9.17, 15) is 24.6 Å². The zero-order valence-electron chi connectivity index (χ0n) is 16.9. The van der Waals surface area contributed by atoms with Crippen LogP contribution >= 0.6 is 11.8 Å². The number of aromatic nitrogens is 1. The van der Waals surface area contributed by atoms with Gasteiger partial charge in [-0.05, 0) is 19.4 Å². The van der Waals surface area contributed by atoms with E-state index in [0.717, 1.165) is 6.42 Å². The molecule has 4 heterocycles. The standard InChI is InChI=1S/C20H23N3O7S/c1-8-15-14(9(2)24)18(25)23(15)16(20(28)29)17(8)31-12-5-10(21-7-12)3-4-11-6-13(19(26)27)22-30-11/h3-4,6,8-10,12,14-15,21,24H,5,7H2,1-2H3,(H,26,27)(H,28,29)/b4-3+/t8-,9-,10-,12+,14-,15-/m1/s1. The number of nitrogens with zero attached hydrogens (tertiary/aromatic N) is 2. The summed E-state index contributed by atoms with van der Waals surface area (Å²) in [5, 5.41) is 35.5. The number of carboxylic acid groups (broad SMARTS) is 2. The zero-order chi connectivity index (χ0) is 22.4. The molecule has 0 aliphatic carbocycles. The average Bonchev–Trinajstić information content (AvgIpc) is 3.39. The minimum Gasteiger partial charge on any atom is -0.477 e. The van der Waals surface area contributed by atoms with Crippen molar-refractivity contribution in [1.29, 1.82) is 0 Å². The van der Waals surface area contributed by atoms with E-state index in [1.807, 2.05) is 13.0 Å². The van der Waals surface area contributed by atoms with Crippen LogP contribution in [0.2, 0.25) is 0 Å². The van der Waals surface area contributed by atoms with E-state index in [1.165, 1.54) is 22.7 Å². The molecule has 2 saturated heterocycles. The maximum Gasteiger partial charge on any atom is 0.358 e. The van der Waals surface area contributed by atoms with Crippen LogP contribution in [0.25, 0.3) is 6.08 Å². The van der Waals surface area contributed by atoms with E-state index in [2.05, 4.69) is 10.5 Å². The van der Waals surface area contributed by atoms with Crippen LogP contribution in [0.3, 0.4) is 0 Å². The SMILES string of the molecule is C[C@@H](O)[C@H]1C(=O)N2C(C(=O)O)=C(S[C@@H]3CN[C@H](/C=C/c4cc(C(=O)O)no4)C3)[C@H](C)[C@H]12. The lowest BCUT2D eigenvalue weighted by molar-refractivity contribution is -0.163. The maximum absolute atomic E-state index is 12.4. The molecule has 1 aromatic rings. The zero-order valence-corrected chi connectivity index (χ0v) is 17.7. The molecule has 31 heavy (non-hydrogen) atoms. The van der Waals surface area contributed by atoms with Gasteiger partial charge in [-0.3, -0.25) is 4.79 Å². The van der Waals surface area contributed by atoms with Crippen molar-refractivity contribution in [2.24, 2.45) is 11.8 Å². The van der Waals surface area contributed by atoms with Crippen molar-refractivity contribution in [3.05, 3.63) is 34.2 Å². The third-order valence-corrected chi connectivity index (χ3v) is 7.48. The molecule has 166 valence electrons. The fourth-order valence-electron chi connectivity index (χ4n) is 4.51. The van der Waals surface area contributed by atoms with E-state index < -0.39 is 24.0 Å². The van der Waals surface area contributed by atoms with Gasteiger partial charge in [-0.15, -0.1) is 11.8 Å². The second kappa shape index (κ2) is 8.13.